The van der Waals surface area contributed by atoms with Crippen molar-refractivity contribution in [2.45, 2.75) is 19.4 Å². The van der Waals surface area contributed by atoms with Crippen molar-refractivity contribution in [3.63, 3.8) is 0 Å². The molecule has 0 saturated carbocycles. The average molecular weight is 308 g/mol. The molecule has 5 nitrogen and oxygen atoms in total. The number of aliphatic hydroxyl groups is 1. The van der Waals surface area contributed by atoms with Crippen LogP contribution in [-0.2, 0) is 0 Å². The highest BCUT2D eigenvalue weighted by Gasteiger charge is 2.11. The molecule has 6 heteroatoms. The number of ether oxygens (including phenoxy) is 1. The molecular formula is C15H14ClNO4. The third-order valence-electron chi connectivity index (χ3n) is 3.01. The molecule has 0 heterocycles. The lowest BCUT2D eigenvalue weighted by Crippen LogP contribution is -1.95. The van der Waals surface area contributed by atoms with Crippen molar-refractivity contribution in [2.75, 3.05) is 0 Å². The highest BCUT2D eigenvalue weighted by atomic mass is 35.5. The SMILES string of the molecule is CC[C@@H](O)c1ccc(Oc2ccc([N+](=O)[O-])cc2Cl)cc1. The smallest absolute Gasteiger partial charge is 0.271 e. The number of nitro benzene ring substituents is 1. The first kappa shape index (κ1) is 15.3. The van der Waals surface area contributed by atoms with E-state index in [9.17, 15) is 15.2 Å². The van der Waals surface area contributed by atoms with Crippen LogP contribution in [0.15, 0.2) is 42.5 Å². The van der Waals surface area contributed by atoms with Crippen LogP contribution in [0.5, 0.6) is 11.5 Å². The van der Waals surface area contributed by atoms with Gasteiger partial charge in [-0.2, -0.15) is 0 Å². The number of non-ortho nitro benzene ring substituents is 1. The highest BCUT2D eigenvalue weighted by Crippen LogP contribution is 2.32. The number of nitro groups is 1. The fourth-order valence-electron chi connectivity index (χ4n) is 1.81. The molecule has 0 radical (unpaired) electrons. The lowest BCUT2D eigenvalue weighted by Gasteiger charge is -2.10. The molecule has 1 N–H and O–H groups in total. The zero-order valence-electron chi connectivity index (χ0n) is 11.3. The summed E-state index contributed by atoms with van der Waals surface area (Å²) < 4.78 is 5.58. The van der Waals surface area contributed by atoms with Gasteiger partial charge in [-0.3, -0.25) is 10.1 Å². The highest BCUT2D eigenvalue weighted by molar-refractivity contribution is 6.32. The summed E-state index contributed by atoms with van der Waals surface area (Å²) in [6, 6.07) is 11.0. The van der Waals surface area contributed by atoms with E-state index < -0.39 is 11.0 Å². The summed E-state index contributed by atoms with van der Waals surface area (Å²) in [5.41, 5.74) is 0.716. The van der Waals surface area contributed by atoms with Gasteiger partial charge in [0.1, 0.15) is 11.5 Å². The Morgan fingerprint density at radius 2 is 1.95 bits per heavy atom. The summed E-state index contributed by atoms with van der Waals surface area (Å²) in [6.45, 7) is 1.89. The van der Waals surface area contributed by atoms with E-state index in [0.29, 0.717) is 17.9 Å². The third-order valence-corrected chi connectivity index (χ3v) is 3.30. The van der Waals surface area contributed by atoms with Gasteiger partial charge in [-0.1, -0.05) is 30.7 Å². The van der Waals surface area contributed by atoms with Crippen molar-refractivity contribution < 1.29 is 14.8 Å². The molecule has 0 amide bonds. The second-order valence-corrected chi connectivity index (χ2v) is 4.87. The molecule has 2 aromatic rings. The summed E-state index contributed by atoms with van der Waals surface area (Å²) in [4.78, 5) is 10.1. The first-order valence-electron chi connectivity index (χ1n) is 6.41. The Hall–Kier alpha value is -2.11. The van der Waals surface area contributed by atoms with Gasteiger partial charge < -0.3 is 9.84 Å². The summed E-state index contributed by atoms with van der Waals surface area (Å²) in [6.07, 6.45) is 0.135. The predicted molar refractivity (Wildman–Crippen MR) is 79.9 cm³/mol. The molecule has 2 aromatic carbocycles. The summed E-state index contributed by atoms with van der Waals surface area (Å²) in [5.74, 6) is 0.879. The van der Waals surface area contributed by atoms with Gasteiger partial charge in [-0.25, -0.2) is 0 Å². The van der Waals surface area contributed by atoms with Crippen molar-refractivity contribution in [2.24, 2.45) is 0 Å². The molecule has 0 bridgehead atoms. The number of hydrogen-bond acceptors (Lipinski definition) is 4. The van der Waals surface area contributed by atoms with E-state index in [1.165, 1.54) is 18.2 Å². The van der Waals surface area contributed by atoms with Crippen molar-refractivity contribution in [3.05, 3.63) is 63.2 Å². The Labute approximate surface area is 126 Å². The van der Waals surface area contributed by atoms with Gasteiger partial charge >= 0.3 is 0 Å². The molecule has 0 saturated heterocycles. The van der Waals surface area contributed by atoms with Crippen molar-refractivity contribution in [1.29, 1.82) is 0 Å². The van der Waals surface area contributed by atoms with Gasteiger partial charge in [-0.05, 0) is 30.2 Å². The van der Waals surface area contributed by atoms with Crippen molar-refractivity contribution in [1.82, 2.24) is 0 Å². The average Bonchev–Trinajstić information content (AvgIpc) is 2.49. The summed E-state index contributed by atoms with van der Waals surface area (Å²) in [5, 5.41) is 20.5. The Morgan fingerprint density at radius 1 is 1.29 bits per heavy atom. The van der Waals surface area contributed by atoms with E-state index in [-0.39, 0.29) is 10.7 Å². The Kier molecular flexibility index (Phi) is 4.77. The summed E-state index contributed by atoms with van der Waals surface area (Å²) >= 11 is 5.96. The van der Waals surface area contributed by atoms with E-state index in [4.69, 9.17) is 16.3 Å². The van der Waals surface area contributed by atoms with E-state index in [1.807, 2.05) is 6.92 Å². The minimum atomic E-state index is -0.517. The van der Waals surface area contributed by atoms with Gasteiger partial charge in [0.05, 0.1) is 16.0 Å². The van der Waals surface area contributed by atoms with E-state index in [1.54, 1.807) is 24.3 Å². The van der Waals surface area contributed by atoms with E-state index >= 15 is 0 Å². The number of hydrogen-bond donors (Lipinski definition) is 1. The van der Waals surface area contributed by atoms with E-state index in [0.717, 1.165) is 5.56 Å². The fraction of sp³-hybridized carbons (Fsp3) is 0.200. The normalized spacial score (nSPS) is 12.0. The minimum absolute atomic E-state index is 0.0891. The van der Waals surface area contributed by atoms with Crippen LogP contribution in [0.1, 0.15) is 25.0 Å². The molecule has 0 unspecified atom stereocenters. The summed E-state index contributed by atoms with van der Waals surface area (Å²) in [7, 11) is 0. The Bertz CT molecular complexity index is 643. The van der Waals surface area contributed by atoms with Crippen LogP contribution in [0.4, 0.5) is 5.69 Å². The lowest BCUT2D eigenvalue weighted by molar-refractivity contribution is -0.384. The van der Waals surface area contributed by atoms with Crippen molar-refractivity contribution >= 4 is 17.3 Å². The molecule has 1 atom stereocenters. The molecule has 0 fully saturated rings. The van der Waals surface area contributed by atoms with E-state index in [2.05, 4.69) is 0 Å². The number of halogens is 1. The molecule has 21 heavy (non-hydrogen) atoms. The second kappa shape index (κ2) is 6.56. The number of rotatable bonds is 5. The van der Waals surface area contributed by atoms with Crippen LogP contribution in [0.3, 0.4) is 0 Å². The van der Waals surface area contributed by atoms with Crippen LogP contribution in [0, 0.1) is 10.1 Å². The van der Waals surface area contributed by atoms with Crippen LogP contribution < -0.4 is 4.74 Å². The van der Waals surface area contributed by atoms with Crippen LogP contribution in [0.2, 0.25) is 5.02 Å². The third kappa shape index (κ3) is 3.71. The maximum atomic E-state index is 10.6. The van der Waals surface area contributed by atoms with Crippen LogP contribution in [-0.4, -0.2) is 10.0 Å². The Balaban J connectivity index is 2.16. The first-order valence-corrected chi connectivity index (χ1v) is 6.79. The number of nitrogens with zero attached hydrogens (tertiary/aromatic N) is 1. The standard InChI is InChI=1S/C15H14ClNO4/c1-2-14(18)10-3-6-12(7-4-10)21-15-8-5-11(17(19)20)9-13(15)16/h3-9,14,18H,2H2,1H3/t14-/m1/s1. The molecule has 2 rings (SSSR count). The maximum Gasteiger partial charge on any atom is 0.271 e. The molecule has 110 valence electrons. The van der Waals surface area contributed by atoms with Gasteiger partial charge in [0.15, 0.2) is 0 Å². The molecule has 0 spiro atoms. The maximum absolute atomic E-state index is 10.6. The molecule has 0 aliphatic rings. The largest absolute Gasteiger partial charge is 0.456 e. The fourth-order valence-corrected chi connectivity index (χ4v) is 2.02. The molecule has 0 aliphatic heterocycles. The topological polar surface area (TPSA) is 72.6 Å². The molecule has 0 aromatic heterocycles. The Morgan fingerprint density at radius 3 is 2.48 bits per heavy atom. The number of benzene rings is 2. The second-order valence-electron chi connectivity index (χ2n) is 4.47. The molecule has 0 aliphatic carbocycles. The van der Waals surface area contributed by atoms with Gasteiger partial charge in [-0.15, -0.1) is 0 Å². The van der Waals surface area contributed by atoms with Crippen LogP contribution in [0.25, 0.3) is 0 Å². The van der Waals surface area contributed by atoms with Crippen molar-refractivity contribution in [3.8, 4) is 11.5 Å². The first-order chi connectivity index (χ1) is 10.0. The van der Waals surface area contributed by atoms with Gasteiger partial charge in [0.25, 0.3) is 5.69 Å². The zero-order valence-corrected chi connectivity index (χ0v) is 12.1. The zero-order chi connectivity index (χ0) is 15.4. The quantitative estimate of drug-likeness (QED) is 0.652. The lowest BCUT2D eigenvalue weighted by atomic mass is 10.1. The minimum Gasteiger partial charge on any atom is -0.456 e. The number of aliphatic hydroxyl groups excluding tert-OH is 1. The molecular weight excluding hydrogens is 294 g/mol. The van der Waals surface area contributed by atoms with Gasteiger partial charge in [0, 0.05) is 12.1 Å². The van der Waals surface area contributed by atoms with Gasteiger partial charge in [0.2, 0.25) is 0 Å². The van der Waals surface area contributed by atoms with Crippen LogP contribution >= 0.6 is 11.6 Å². The monoisotopic (exact) mass is 307 g/mol. The predicted octanol–water partition coefficient (Wildman–Crippen LogP) is 4.48.